The molecule has 2 aromatic rings. The first kappa shape index (κ1) is 28.3. The van der Waals surface area contributed by atoms with Crippen LogP contribution in [0.4, 0.5) is 18.9 Å². The normalized spacial score (nSPS) is 16.8. The molecule has 39 heavy (non-hydrogen) atoms. The second-order valence-corrected chi connectivity index (χ2v) is 10.6. The van der Waals surface area contributed by atoms with E-state index in [2.05, 4.69) is 5.32 Å². The molecule has 2 amide bonds. The maximum atomic E-state index is 14.1. The van der Waals surface area contributed by atoms with Crippen LogP contribution >= 0.6 is 0 Å². The molecule has 0 spiro atoms. The van der Waals surface area contributed by atoms with Crippen molar-refractivity contribution in [1.82, 2.24) is 15.1 Å². The van der Waals surface area contributed by atoms with Crippen LogP contribution in [-0.2, 0) is 24.1 Å². The Labute approximate surface area is 227 Å². The molecule has 1 atom stereocenters. The third kappa shape index (κ3) is 5.54. The van der Waals surface area contributed by atoms with Gasteiger partial charge in [0.05, 0.1) is 18.4 Å². The van der Waals surface area contributed by atoms with Gasteiger partial charge in [0.15, 0.2) is 0 Å². The summed E-state index contributed by atoms with van der Waals surface area (Å²) in [4.78, 5) is 29.6. The summed E-state index contributed by atoms with van der Waals surface area (Å²) in [5.41, 5.74) is 0.301. The van der Waals surface area contributed by atoms with Gasteiger partial charge in [0.25, 0.3) is 5.91 Å². The van der Waals surface area contributed by atoms with Crippen molar-refractivity contribution in [3.8, 4) is 0 Å². The van der Waals surface area contributed by atoms with Crippen LogP contribution in [0.1, 0.15) is 73.2 Å². The zero-order valence-electron chi connectivity index (χ0n) is 22.4. The Bertz CT molecular complexity index is 1330. The minimum Gasteiger partial charge on any atom is -0.332 e. The van der Waals surface area contributed by atoms with E-state index in [4.69, 9.17) is 10.8 Å². The number of likely N-dealkylation sites (N-methyl/N-ethyl adjacent to an activating group) is 2. The number of anilines is 1. The predicted molar refractivity (Wildman–Crippen MR) is 145 cm³/mol. The Kier molecular flexibility index (Phi) is 7.57. The van der Waals surface area contributed by atoms with Crippen molar-refractivity contribution < 1.29 is 24.2 Å². The Morgan fingerprint density at radius 2 is 1.95 bits per heavy atom. The number of hydrogen-bond acceptors (Lipinski definition) is 5. The lowest BCUT2D eigenvalue weighted by Gasteiger charge is -2.39. The molecule has 0 bridgehead atoms. The Hall–Kier alpha value is -3.73. The molecule has 0 unspecified atom stereocenters. The SMILES string of the molecule is CC(=O)N(C)[C@@H](C(=N)N(C)C=N)c1cccc(N2Cc3c(cc(CNC4(C)CCC4)cc3C(F)(F)F)C2=O)c1.[HH]. The maximum absolute atomic E-state index is 14.1. The van der Waals surface area contributed by atoms with Crippen LogP contribution in [0.5, 0.6) is 0 Å². The number of hydrogen-bond donors (Lipinski definition) is 3. The van der Waals surface area contributed by atoms with Gasteiger partial charge in [-0.25, -0.2) is 0 Å². The zero-order valence-corrected chi connectivity index (χ0v) is 22.4. The summed E-state index contributed by atoms with van der Waals surface area (Å²) in [5.74, 6) is -0.898. The van der Waals surface area contributed by atoms with Crippen molar-refractivity contribution in [2.24, 2.45) is 0 Å². The highest BCUT2D eigenvalue weighted by atomic mass is 19.4. The van der Waals surface area contributed by atoms with Crippen LogP contribution in [-0.4, -0.2) is 53.4 Å². The number of amidine groups is 1. The monoisotopic (exact) mass is 544 g/mol. The molecule has 3 N–H and O–H groups in total. The molecule has 4 rings (SSSR count). The summed E-state index contributed by atoms with van der Waals surface area (Å²) >= 11 is 0. The Balaban J connectivity index is 0.00000441. The molecule has 11 heteroatoms. The molecule has 0 saturated heterocycles. The number of carbonyl (C=O) groups is 2. The predicted octanol–water partition coefficient (Wildman–Crippen LogP) is 5.18. The van der Waals surface area contributed by atoms with Gasteiger partial charge in [0, 0.05) is 45.8 Å². The molecule has 8 nitrogen and oxygen atoms in total. The van der Waals surface area contributed by atoms with Crippen molar-refractivity contribution in [2.45, 2.75) is 64.0 Å². The van der Waals surface area contributed by atoms with Crippen LogP contribution in [0.2, 0.25) is 0 Å². The largest absolute Gasteiger partial charge is 0.416 e. The summed E-state index contributed by atoms with van der Waals surface area (Å²) in [6.07, 6.45) is -0.682. The number of halogens is 3. The molecule has 1 heterocycles. The van der Waals surface area contributed by atoms with Gasteiger partial charge in [-0.2, -0.15) is 13.2 Å². The highest BCUT2D eigenvalue weighted by molar-refractivity contribution is 6.10. The summed E-state index contributed by atoms with van der Waals surface area (Å²) in [6.45, 7) is 3.39. The number of rotatable bonds is 8. The zero-order chi connectivity index (χ0) is 28.7. The van der Waals surface area contributed by atoms with Crippen LogP contribution < -0.4 is 10.2 Å². The maximum Gasteiger partial charge on any atom is 0.416 e. The lowest BCUT2D eigenvalue weighted by atomic mass is 9.78. The molecule has 1 aliphatic heterocycles. The standard InChI is InChI=1S/C28H33F3N6O2.H2/c1-17(38)36(4)24(25(33)35(3)16-32)19-7-5-8-20(13-19)37-15-22-21(26(37)39)11-18(12-23(22)28(29,30)31)14-34-27(2)9-6-10-27;/h5,7-8,11-13,16,24,32-34H,6,9-10,14-15H2,1-4H3;1H/t24-;/m1./s1. The van der Waals surface area contributed by atoms with Crippen molar-refractivity contribution >= 4 is 29.7 Å². The van der Waals surface area contributed by atoms with Crippen LogP contribution in [0.15, 0.2) is 36.4 Å². The number of benzene rings is 2. The second kappa shape index (κ2) is 10.4. The molecule has 2 aliphatic rings. The van der Waals surface area contributed by atoms with Gasteiger partial charge in [-0.1, -0.05) is 12.1 Å². The summed E-state index contributed by atoms with van der Waals surface area (Å²) < 4.78 is 42.4. The third-order valence-electron chi connectivity index (χ3n) is 7.80. The summed E-state index contributed by atoms with van der Waals surface area (Å²) in [6, 6.07) is 8.35. The molecular formula is C28H35F3N6O2. The van der Waals surface area contributed by atoms with E-state index in [9.17, 15) is 22.8 Å². The number of fused-ring (bicyclic) bond motifs is 1. The first-order chi connectivity index (χ1) is 18.3. The van der Waals surface area contributed by atoms with E-state index >= 15 is 0 Å². The Morgan fingerprint density at radius 1 is 1.26 bits per heavy atom. The average Bonchev–Trinajstić information content (AvgIpc) is 3.21. The van der Waals surface area contributed by atoms with E-state index in [0.29, 0.717) is 16.8 Å². The first-order valence-corrected chi connectivity index (χ1v) is 12.7. The number of amides is 2. The summed E-state index contributed by atoms with van der Waals surface area (Å²) in [7, 11) is 3.04. The number of alkyl halides is 3. The number of nitrogens with one attached hydrogen (secondary N) is 3. The van der Waals surface area contributed by atoms with Gasteiger partial charge in [0.1, 0.15) is 11.9 Å². The van der Waals surface area contributed by atoms with Crippen LogP contribution in [0.25, 0.3) is 0 Å². The van der Waals surface area contributed by atoms with Gasteiger partial charge < -0.3 is 20.0 Å². The third-order valence-corrected chi connectivity index (χ3v) is 7.80. The topological polar surface area (TPSA) is 104 Å². The van der Waals surface area contributed by atoms with Crippen molar-refractivity contribution in [3.05, 3.63) is 64.2 Å². The van der Waals surface area contributed by atoms with E-state index in [0.717, 1.165) is 31.7 Å². The number of carbonyl (C=O) groups excluding carboxylic acids is 2. The molecule has 0 radical (unpaired) electrons. The van der Waals surface area contributed by atoms with E-state index in [-0.39, 0.29) is 42.9 Å². The van der Waals surface area contributed by atoms with E-state index < -0.39 is 23.7 Å². The van der Waals surface area contributed by atoms with Crippen molar-refractivity contribution in [2.75, 3.05) is 19.0 Å². The lowest BCUT2D eigenvalue weighted by molar-refractivity contribution is -0.138. The van der Waals surface area contributed by atoms with Crippen LogP contribution in [0, 0.1) is 10.8 Å². The lowest BCUT2D eigenvalue weighted by Crippen LogP contribution is -2.47. The minimum atomic E-state index is -4.62. The van der Waals surface area contributed by atoms with Gasteiger partial charge in [-0.3, -0.25) is 20.4 Å². The van der Waals surface area contributed by atoms with Crippen molar-refractivity contribution in [3.63, 3.8) is 0 Å². The minimum absolute atomic E-state index is 0. The molecule has 0 aromatic heterocycles. The Morgan fingerprint density at radius 3 is 2.51 bits per heavy atom. The van der Waals surface area contributed by atoms with Gasteiger partial charge in [-0.05, 0) is 67.1 Å². The van der Waals surface area contributed by atoms with E-state index in [1.54, 1.807) is 30.3 Å². The van der Waals surface area contributed by atoms with Crippen molar-refractivity contribution in [1.29, 1.82) is 10.8 Å². The molecular weight excluding hydrogens is 509 g/mol. The highest BCUT2D eigenvalue weighted by Gasteiger charge is 2.41. The van der Waals surface area contributed by atoms with Gasteiger partial charge >= 0.3 is 6.18 Å². The molecule has 2 aromatic carbocycles. The van der Waals surface area contributed by atoms with Crippen LogP contribution in [0.3, 0.4) is 0 Å². The molecule has 210 valence electrons. The fourth-order valence-corrected chi connectivity index (χ4v) is 5.10. The van der Waals surface area contributed by atoms with Gasteiger partial charge in [-0.15, -0.1) is 0 Å². The summed E-state index contributed by atoms with van der Waals surface area (Å²) in [5, 5.41) is 19.4. The van der Waals surface area contributed by atoms with E-state index in [1.807, 2.05) is 6.92 Å². The quantitative estimate of drug-likeness (QED) is 0.315. The fourth-order valence-electron chi connectivity index (χ4n) is 5.10. The molecule has 1 aliphatic carbocycles. The number of nitrogens with zero attached hydrogens (tertiary/aromatic N) is 3. The average molecular weight is 545 g/mol. The first-order valence-electron chi connectivity index (χ1n) is 12.7. The fraction of sp³-hybridized carbons (Fsp3) is 0.429. The van der Waals surface area contributed by atoms with Gasteiger partial charge in [0.2, 0.25) is 5.91 Å². The smallest absolute Gasteiger partial charge is 0.332 e. The second-order valence-electron chi connectivity index (χ2n) is 10.6. The molecule has 1 saturated carbocycles. The highest BCUT2D eigenvalue weighted by Crippen LogP contribution is 2.40. The molecule has 1 fully saturated rings. The van der Waals surface area contributed by atoms with E-state index in [1.165, 1.54) is 35.7 Å².